The maximum Gasteiger partial charge on any atom is 0.230 e. The van der Waals surface area contributed by atoms with Gasteiger partial charge in [0, 0.05) is 10.0 Å². The first kappa shape index (κ1) is 19.0. The van der Waals surface area contributed by atoms with Gasteiger partial charge in [-0.1, -0.05) is 64.1 Å². The number of halogens is 1. The number of amides is 1. The maximum atomic E-state index is 12.5. The first-order valence-corrected chi connectivity index (χ1v) is 10.9. The molecule has 144 valence electrons. The van der Waals surface area contributed by atoms with Crippen LogP contribution in [0.3, 0.4) is 0 Å². The van der Waals surface area contributed by atoms with Crippen LogP contribution in [0.15, 0.2) is 58.2 Å². The number of nitrogens with two attached hydrogens (primary N) is 1. The molecule has 1 unspecified atom stereocenters. The fourth-order valence-corrected chi connectivity index (χ4v) is 4.60. The van der Waals surface area contributed by atoms with Crippen LogP contribution in [-0.2, 0) is 11.2 Å². The van der Waals surface area contributed by atoms with Crippen LogP contribution in [0.4, 0.5) is 0 Å². The highest BCUT2D eigenvalue weighted by molar-refractivity contribution is 9.10. The number of nitrogen functional groups attached to an aromatic ring is 1. The number of hydrogen-bond donors (Lipinski definition) is 2. The van der Waals surface area contributed by atoms with Gasteiger partial charge in [-0.2, -0.15) is 0 Å². The van der Waals surface area contributed by atoms with Crippen molar-refractivity contribution in [2.24, 2.45) is 0 Å². The summed E-state index contributed by atoms with van der Waals surface area (Å²) < 4.78 is 2.31. The Morgan fingerprint density at radius 3 is 2.86 bits per heavy atom. The van der Waals surface area contributed by atoms with Crippen molar-refractivity contribution in [2.75, 3.05) is 11.6 Å². The smallest absolute Gasteiger partial charge is 0.230 e. The Labute approximate surface area is 176 Å². The van der Waals surface area contributed by atoms with Crippen molar-refractivity contribution in [3.05, 3.63) is 64.1 Å². The summed E-state index contributed by atoms with van der Waals surface area (Å²) in [4.78, 5) is 12.5. The number of benzene rings is 2. The first-order chi connectivity index (χ1) is 13.6. The van der Waals surface area contributed by atoms with Gasteiger partial charge >= 0.3 is 0 Å². The molecule has 1 heterocycles. The Kier molecular flexibility index (Phi) is 5.68. The average Bonchev–Trinajstić information content (AvgIpc) is 3.07. The summed E-state index contributed by atoms with van der Waals surface area (Å²) in [6, 6.07) is 16.1. The maximum absolute atomic E-state index is 12.5. The predicted molar refractivity (Wildman–Crippen MR) is 114 cm³/mol. The number of nitrogens with one attached hydrogen (secondary N) is 1. The first-order valence-electron chi connectivity index (χ1n) is 9.09. The van der Waals surface area contributed by atoms with E-state index in [0.29, 0.717) is 11.0 Å². The quantitative estimate of drug-likeness (QED) is 0.450. The topological polar surface area (TPSA) is 85.8 Å². The molecular weight excluding hydrogens is 438 g/mol. The molecule has 0 bridgehead atoms. The van der Waals surface area contributed by atoms with Crippen LogP contribution < -0.4 is 11.2 Å². The SMILES string of the molecule is Nn1c(SCC(=O)NC2CCCc3ccccc32)nnc1-c1ccccc1Br. The van der Waals surface area contributed by atoms with Gasteiger partial charge < -0.3 is 11.2 Å². The molecule has 0 saturated heterocycles. The number of aryl methyl sites for hydroxylation is 1. The van der Waals surface area contributed by atoms with E-state index in [4.69, 9.17) is 5.84 Å². The van der Waals surface area contributed by atoms with Gasteiger partial charge in [0.05, 0.1) is 11.8 Å². The highest BCUT2D eigenvalue weighted by Crippen LogP contribution is 2.30. The van der Waals surface area contributed by atoms with Gasteiger partial charge in [-0.3, -0.25) is 4.79 Å². The molecule has 1 aromatic heterocycles. The lowest BCUT2D eigenvalue weighted by Gasteiger charge is -2.26. The van der Waals surface area contributed by atoms with Crippen molar-refractivity contribution in [1.82, 2.24) is 20.2 Å². The molecule has 0 spiro atoms. The van der Waals surface area contributed by atoms with Gasteiger partial charge in [-0.05, 0) is 42.5 Å². The van der Waals surface area contributed by atoms with E-state index in [2.05, 4.69) is 49.6 Å². The minimum Gasteiger partial charge on any atom is -0.349 e. The van der Waals surface area contributed by atoms with Crippen LogP contribution >= 0.6 is 27.7 Å². The molecule has 6 nitrogen and oxygen atoms in total. The van der Waals surface area contributed by atoms with Crippen molar-refractivity contribution in [3.8, 4) is 11.4 Å². The summed E-state index contributed by atoms with van der Waals surface area (Å²) in [6.07, 6.45) is 3.12. The van der Waals surface area contributed by atoms with Gasteiger partial charge in [0.25, 0.3) is 0 Å². The van der Waals surface area contributed by atoms with Gasteiger partial charge in [-0.15, -0.1) is 10.2 Å². The molecular formula is C20H20BrN5OS. The molecule has 1 amide bonds. The van der Waals surface area contributed by atoms with Crippen LogP contribution in [0, 0.1) is 0 Å². The van der Waals surface area contributed by atoms with Crippen LogP contribution in [0.2, 0.25) is 0 Å². The highest BCUT2D eigenvalue weighted by atomic mass is 79.9. The number of hydrogen-bond acceptors (Lipinski definition) is 5. The second-order valence-electron chi connectivity index (χ2n) is 6.66. The molecule has 28 heavy (non-hydrogen) atoms. The van der Waals surface area contributed by atoms with Gasteiger partial charge in [-0.25, -0.2) is 4.68 Å². The molecule has 3 aromatic rings. The lowest BCUT2D eigenvalue weighted by atomic mass is 9.88. The minimum atomic E-state index is -0.0304. The molecule has 2 aromatic carbocycles. The van der Waals surface area contributed by atoms with E-state index >= 15 is 0 Å². The Morgan fingerprint density at radius 1 is 1.21 bits per heavy atom. The number of rotatable bonds is 5. The zero-order valence-electron chi connectivity index (χ0n) is 15.1. The van der Waals surface area contributed by atoms with E-state index in [1.165, 1.54) is 27.6 Å². The van der Waals surface area contributed by atoms with Crippen molar-refractivity contribution in [2.45, 2.75) is 30.5 Å². The Morgan fingerprint density at radius 2 is 2.00 bits per heavy atom. The number of fused-ring (bicyclic) bond motifs is 1. The second-order valence-corrected chi connectivity index (χ2v) is 8.45. The lowest BCUT2D eigenvalue weighted by Crippen LogP contribution is -2.32. The summed E-state index contributed by atoms with van der Waals surface area (Å²) in [5, 5.41) is 12.0. The van der Waals surface area contributed by atoms with Crippen LogP contribution in [0.5, 0.6) is 0 Å². The lowest BCUT2D eigenvalue weighted by molar-refractivity contribution is -0.119. The number of carbonyl (C=O) groups excluding carboxylic acids is 1. The Hall–Kier alpha value is -2.32. The number of nitrogens with zero attached hydrogens (tertiary/aromatic N) is 3. The van der Waals surface area contributed by atoms with E-state index in [1.807, 2.05) is 30.3 Å². The predicted octanol–water partition coefficient (Wildman–Crippen LogP) is 3.71. The molecule has 0 aliphatic heterocycles. The van der Waals surface area contributed by atoms with Gasteiger partial charge in [0.1, 0.15) is 0 Å². The zero-order valence-corrected chi connectivity index (χ0v) is 17.5. The summed E-state index contributed by atoms with van der Waals surface area (Å²) in [5.41, 5.74) is 3.41. The third kappa shape index (κ3) is 3.93. The van der Waals surface area contributed by atoms with E-state index < -0.39 is 0 Å². The zero-order chi connectivity index (χ0) is 19.5. The average molecular weight is 458 g/mol. The van der Waals surface area contributed by atoms with Crippen molar-refractivity contribution < 1.29 is 4.79 Å². The molecule has 4 rings (SSSR count). The van der Waals surface area contributed by atoms with Crippen LogP contribution in [-0.4, -0.2) is 26.5 Å². The fourth-order valence-electron chi connectivity index (χ4n) is 3.47. The standard InChI is InChI=1S/C20H20BrN5OS/c21-16-10-4-3-9-15(16)19-24-25-20(26(19)22)28-12-18(27)23-17-11-5-7-13-6-1-2-8-14(13)17/h1-4,6,8-10,17H,5,7,11-12,22H2,(H,23,27). The molecule has 1 aliphatic carbocycles. The van der Waals surface area contributed by atoms with Gasteiger partial charge in [0.15, 0.2) is 5.82 Å². The summed E-state index contributed by atoms with van der Waals surface area (Å²) in [6.45, 7) is 0. The molecule has 8 heteroatoms. The third-order valence-corrected chi connectivity index (χ3v) is 6.45. The summed E-state index contributed by atoms with van der Waals surface area (Å²) in [5.74, 6) is 6.92. The fraction of sp³-hybridized carbons (Fsp3) is 0.250. The normalized spacial score (nSPS) is 15.8. The van der Waals surface area contributed by atoms with E-state index in [9.17, 15) is 4.79 Å². The van der Waals surface area contributed by atoms with Gasteiger partial charge in [0.2, 0.25) is 11.1 Å². The van der Waals surface area contributed by atoms with E-state index in [-0.39, 0.29) is 17.7 Å². The Balaban J connectivity index is 1.41. The van der Waals surface area contributed by atoms with E-state index in [1.54, 1.807) is 0 Å². The number of thioether (sulfide) groups is 1. The van der Waals surface area contributed by atoms with Crippen LogP contribution in [0.25, 0.3) is 11.4 Å². The summed E-state index contributed by atoms with van der Waals surface area (Å²) >= 11 is 4.78. The molecule has 3 N–H and O–H groups in total. The molecule has 0 radical (unpaired) electrons. The monoisotopic (exact) mass is 457 g/mol. The summed E-state index contributed by atoms with van der Waals surface area (Å²) in [7, 11) is 0. The van der Waals surface area contributed by atoms with Crippen molar-refractivity contribution in [3.63, 3.8) is 0 Å². The minimum absolute atomic E-state index is 0.0304. The van der Waals surface area contributed by atoms with Crippen molar-refractivity contribution >= 4 is 33.6 Å². The van der Waals surface area contributed by atoms with E-state index in [0.717, 1.165) is 29.3 Å². The van der Waals surface area contributed by atoms with Crippen LogP contribution in [0.1, 0.15) is 30.0 Å². The Bertz CT molecular complexity index is 1010. The highest BCUT2D eigenvalue weighted by Gasteiger charge is 2.22. The second kappa shape index (κ2) is 8.36. The molecule has 0 saturated carbocycles. The number of aromatic nitrogens is 3. The third-order valence-electron chi connectivity index (χ3n) is 4.82. The van der Waals surface area contributed by atoms with Crippen molar-refractivity contribution in [1.29, 1.82) is 0 Å². The number of carbonyl (C=O) groups is 1. The molecule has 0 fully saturated rings. The largest absolute Gasteiger partial charge is 0.349 e. The molecule has 1 aliphatic rings. The molecule has 1 atom stereocenters.